The van der Waals surface area contributed by atoms with Crippen molar-refractivity contribution >= 4 is 5.91 Å². The maximum absolute atomic E-state index is 12.3. The quantitative estimate of drug-likeness (QED) is 0.763. The molecule has 3 N–H and O–H groups in total. The highest BCUT2D eigenvalue weighted by atomic mass is 16.3. The van der Waals surface area contributed by atoms with Crippen LogP contribution < -0.4 is 5.73 Å². The summed E-state index contributed by atoms with van der Waals surface area (Å²) in [6.45, 7) is 1.03. The van der Waals surface area contributed by atoms with Crippen LogP contribution in [-0.2, 0) is 11.2 Å². The van der Waals surface area contributed by atoms with Crippen molar-refractivity contribution in [3.8, 4) is 18.1 Å². The second-order valence-electron chi connectivity index (χ2n) is 5.34. The van der Waals surface area contributed by atoms with Crippen molar-refractivity contribution in [1.29, 1.82) is 0 Å². The first-order valence-corrected chi connectivity index (χ1v) is 6.86. The Morgan fingerprint density at radius 3 is 2.65 bits per heavy atom. The van der Waals surface area contributed by atoms with Crippen molar-refractivity contribution in [3.63, 3.8) is 0 Å². The highest BCUT2D eigenvalue weighted by Crippen LogP contribution is 2.29. The van der Waals surface area contributed by atoms with E-state index in [0.29, 0.717) is 25.4 Å². The van der Waals surface area contributed by atoms with Crippen molar-refractivity contribution in [3.05, 3.63) is 29.8 Å². The summed E-state index contributed by atoms with van der Waals surface area (Å²) in [6, 6.07) is 6.14. The van der Waals surface area contributed by atoms with Gasteiger partial charge in [0, 0.05) is 6.54 Å². The molecule has 106 valence electrons. The molecule has 4 heteroatoms. The molecule has 1 fully saturated rings. The van der Waals surface area contributed by atoms with E-state index in [9.17, 15) is 9.90 Å². The normalized spacial score (nSPS) is 15.4. The summed E-state index contributed by atoms with van der Waals surface area (Å²) in [6.07, 6.45) is 8.11. The number of phenols is 1. The van der Waals surface area contributed by atoms with Gasteiger partial charge in [-0.25, -0.2) is 0 Å². The lowest BCUT2D eigenvalue weighted by molar-refractivity contribution is -0.132. The van der Waals surface area contributed by atoms with Gasteiger partial charge in [-0.2, -0.15) is 0 Å². The van der Waals surface area contributed by atoms with Gasteiger partial charge in [-0.1, -0.05) is 18.1 Å². The number of amides is 1. The lowest BCUT2D eigenvalue weighted by atomic mass is 10.1. The van der Waals surface area contributed by atoms with Gasteiger partial charge in [0.1, 0.15) is 5.75 Å². The first-order chi connectivity index (χ1) is 9.60. The topological polar surface area (TPSA) is 66.6 Å². The van der Waals surface area contributed by atoms with Crippen molar-refractivity contribution in [1.82, 2.24) is 4.90 Å². The summed E-state index contributed by atoms with van der Waals surface area (Å²) in [4.78, 5) is 14.0. The number of terminal acetylenes is 1. The van der Waals surface area contributed by atoms with E-state index in [0.717, 1.165) is 5.56 Å². The first-order valence-electron chi connectivity index (χ1n) is 6.86. The summed E-state index contributed by atoms with van der Waals surface area (Å²) in [5, 5.41) is 9.24. The van der Waals surface area contributed by atoms with Gasteiger partial charge >= 0.3 is 0 Å². The molecule has 1 atom stereocenters. The van der Waals surface area contributed by atoms with Crippen LogP contribution in [0.3, 0.4) is 0 Å². The zero-order valence-corrected chi connectivity index (χ0v) is 11.5. The maximum Gasteiger partial charge on any atom is 0.240 e. The molecule has 1 saturated carbocycles. The summed E-state index contributed by atoms with van der Waals surface area (Å²) in [5.74, 6) is 3.23. The zero-order chi connectivity index (χ0) is 14.5. The highest BCUT2D eigenvalue weighted by Gasteiger charge is 2.28. The van der Waals surface area contributed by atoms with Gasteiger partial charge in [0.2, 0.25) is 5.91 Å². The molecule has 0 saturated heterocycles. The summed E-state index contributed by atoms with van der Waals surface area (Å²) in [7, 11) is 0. The molecule has 0 heterocycles. The van der Waals surface area contributed by atoms with Crippen LogP contribution in [0.25, 0.3) is 0 Å². The monoisotopic (exact) mass is 272 g/mol. The minimum Gasteiger partial charge on any atom is -0.508 e. The van der Waals surface area contributed by atoms with E-state index in [2.05, 4.69) is 5.92 Å². The fourth-order valence-corrected chi connectivity index (χ4v) is 2.16. The second-order valence-corrected chi connectivity index (χ2v) is 5.34. The number of hydrogen-bond donors (Lipinski definition) is 2. The largest absolute Gasteiger partial charge is 0.508 e. The predicted molar refractivity (Wildman–Crippen MR) is 77.9 cm³/mol. The van der Waals surface area contributed by atoms with Gasteiger partial charge < -0.3 is 15.7 Å². The number of hydrogen-bond acceptors (Lipinski definition) is 3. The predicted octanol–water partition coefficient (Wildman–Crippen LogP) is 1.13. The van der Waals surface area contributed by atoms with Gasteiger partial charge in [0.25, 0.3) is 0 Å². The molecule has 1 unspecified atom stereocenters. The van der Waals surface area contributed by atoms with Crippen LogP contribution in [0.2, 0.25) is 0 Å². The molecular weight excluding hydrogens is 252 g/mol. The number of carbonyl (C=O) groups excluding carboxylic acids is 1. The number of carbonyl (C=O) groups is 1. The number of aromatic hydroxyl groups is 1. The minimum atomic E-state index is -0.591. The number of phenolic OH excluding ortho intramolecular Hbond substituents is 1. The van der Waals surface area contributed by atoms with Gasteiger partial charge in [-0.3, -0.25) is 4.79 Å². The Kier molecular flexibility index (Phi) is 4.65. The lowest BCUT2D eigenvalue weighted by Crippen LogP contribution is -2.45. The van der Waals surface area contributed by atoms with Crippen molar-refractivity contribution in [2.24, 2.45) is 11.7 Å². The first kappa shape index (κ1) is 14.4. The number of benzene rings is 1. The van der Waals surface area contributed by atoms with E-state index in [1.807, 2.05) is 0 Å². The van der Waals surface area contributed by atoms with E-state index in [1.165, 1.54) is 12.8 Å². The minimum absolute atomic E-state index is 0.0945. The smallest absolute Gasteiger partial charge is 0.240 e. The Morgan fingerprint density at radius 2 is 2.10 bits per heavy atom. The van der Waals surface area contributed by atoms with Crippen molar-refractivity contribution in [2.45, 2.75) is 25.3 Å². The van der Waals surface area contributed by atoms with Crippen LogP contribution >= 0.6 is 0 Å². The zero-order valence-electron chi connectivity index (χ0n) is 11.5. The van der Waals surface area contributed by atoms with Crippen molar-refractivity contribution < 1.29 is 9.90 Å². The fourth-order valence-electron chi connectivity index (χ4n) is 2.16. The fraction of sp³-hybridized carbons (Fsp3) is 0.438. The number of rotatable bonds is 6. The van der Waals surface area contributed by atoms with E-state index in [-0.39, 0.29) is 11.7 Å². The second kappa shape index (κ2) is 6.44. The van der Waals surface area contributed by atoms with Crippen LogP contribution in [0.5, 0.6) is 5.75 Å². The van der Waals surface area contributed by atoms with Crippen LogP contribution in [0.4, 0.5) is 0 Å². The average Bonchev–Trinajstić information content (AvgIpc) is 3.24. The molecule has 4 nitrogen and oxygen atoms in total. The Bertz CT molecular complexity index is 500. The maximum atomic E-state index is 12.3. The Balaban J connectivity index is 1.94. The molecule has 2 rings (SSSR count). The molecule has 1 aromatic carbocycles. The van der Waals surface area contributed by atoms with E-state index in [1.54, 1.807) is 29.2 Å². The van der Waals surface area contributed by atoms with Gasteiger partial charge in [-0.05, 0) is 42.9 Å². The van der Waals surface area contributed by atoms with E-state index < -0.39 is 6.04 Å². The van der Waals surface area contributed by atoms with Crippen molar-refractivity contribution in [2.75, 3.05) is 13.1 Å². The van der Waals surface area contributed by atoms with Crippen LogP contribution in [0.15, 0.2) is 24.3 Å². The SMILES string of the molecule is C#CCN(CC1CC1)C(=O)C(N)Cc1ccc(O)cc1. The highest BCUT2D eigenvalue weighted by molar-refractivity contribution is 5.82. The third-order valence-electron chi connectivity index (χ3n) is 3.48. The standard InChI is InChI=1S/C16H20N2O2/c1-2-9-18(11-13-3-4-13)16(20)15(17)10-12-5-7-14(19)8-6-12/h1,5-8,13,15,19H,3-4,9-11,17H2. The van der Waals surface area contributed by atoms with E-state index in [4.69, 9.17) is 12.2 Å². The molecule has 0 bridgehead atoms. The summed E-state index contributed by atoms with van der Waals surface area (Å²) < 4.78 is 0. The summed E-state index contributed by atoms with van der Waals surface area (Å²) >= 11 is 0. The van der Waals surface area contributed by atoms with E-state index >= 15 is 0 Å². The molecule has 1 aliphatic rings. The Morgan fingerprint density at radius 1 is 1.45 bits per heavy atom. The molecule has 1 aromatic rings. The summed E-state index contributed by atoms with van der Waals surface area (Å²) in [5.41, 5.74) is 6.92. The Hall–Kier alpha value is -1.99. The van der Waals surface area contributed by atoms with Crippen LogP contribution in [0.1, 0.15) is 18.4 Å². The molecular formula is C16H20N2O2. The molecule has 0 spiro atoms. The average molecular weight is 272 g/mol. The lowest BCUT2D eigenvalue weighted by Gasteiger charge is -2.23. The van der Waals surface area contributed by atoms with Gasteiger partial charge in [-0.15, -0.1) is 6.42 Å². The number of nitrogens with zero attached hydrogens (tertiary/aromatic N) is 1. The van der Waals surface area contributed by atoms with Gasteiger partial charge in [0.15, 0.2) is 0 Å². The molecule has 1 amide bonds. The molecule has 0 aromatic heterocycles. The third kappa shape index (κ3) is 4.01. The molecule has 20 heavy (non-hydrogen) atoms. The molecule has 1 aliphatic carbocycles. The van der Waals surface area contributed by atoms with Gasteiger partial charge in [0.05, 0.1) is 12.6 Å². The van der Waals surface area contributed by atoms with Crippen LogP contribution in [0, 0.1) is 18.3 Å². The number of nitrogens with two attached hydrogens (primary N) is 1. The Labute approximate surface area is 119 Å². The molecule has 0 radical (unpaired) electrons. The third-order valence-corrected chi connectivity index (χ3v) is 3.48. The van der Waals surface area contributed by atoms with Crippen LogP contribution in [-0.4, -0.2) is 35.0 Å². The molecule has 0 aliphatic heterocycles.